The van der Waals surface area contributed by atoms with Gasteiger partial charge in [0.05, 0.1) is 0 Å². The van der Waals surface area contributed by atoms with E-state index in [1.807, 2.05) is 6.07 Å². The van der Waals surface area contributed by atoms with Crippen LogP contribution in [0.15, 0.2) is 44.8 Å². The Morgan fingerprint density at radius 2 is 1.90 bits per heavy atom. The van der Waals surface area contributed by atoms with Gasteiger partial charge in [-0.2, -0.15) is 0 Å². The molecule has 0 spiro atoms. The molecule has 0 saturated heterocycles. The van der Waals surface area contributed by atoms with Crippen LogP contribution >= 0.6 is 0 Å². The molecule has 0 amide bonds. The number of fused-ring (bicyclic) bond motifs is 1. The first-order chi connectivity index (χ1) is 9.93. The molecule has 2 aliphatic carbocycles. The summed E-state index contributed by atoms with van der Waals surface area (Å²) in [5.41, 5.74) is 14.1. The number of nitrogen functional groups attached to an aromatic ring is 1. The van der Waals surface area contributed by atoms with Crippen molar-refractivity contribution in [2.24, 2.45) is 0 Å². The number of benzene rings is 1. The molecule has 21 heavy (non-hydrogen) atoms. The molecule has 0 aromatic heterocycles. The van der Waals surface area contributed by atoms with Crippen molar-refractivity contribution in [1.29, 1.82) is 0 Å². The zero-order chi connectivity index (χ0) is 15.3. The second kappa shape index (κ2) is 5.44. The van der Waals surface area contributed by atoms with Crippen LogP contribution in [-0.4, -0.2) is 13.6 Å². The molecular weight excluding hydrogens is 350 g/mol. The van der Waals surface area contributed by atoms with Crippen molar-refractivity contribution in [2.45, 2.75) is 32.9 Å². The molecule has 0 fully saturated rings. The fourth-order valence-electron chi connectivity index (χ4n) is 3.55. The summed E-state index contributed by atoms with van der Waals surface area (Å²) in [6.45, 7) is 9.31. The molecule has 1 nitrogen and oxygen atoms in total. The predicted molar refractivity (Wildman–Crippen MR) is 90.5 cm³/mol. The number of anilines is 1. The van der Waals surface area contributed by atoms with Crippen molar-refractivity contribution in [3.05, 3.63) is 55.9 Å². The van der Waals surface area contributed by atoms with Gasteiger partial charge in [0, 0.05) is 0 Å². The molecule has 1 unspecified atom stereocenters. The molecule has 0 saturated carbocycles. The Labute approximate surface area is 143 Å². The summed E-state index contributed by atoms with van der Waals surface area (Å²) in [6.07, 6.45) is 4.70. The Kier molecular flexibility index (Phi) is 3.92. The van der Waals surface area contributed by atoms with Crippen molar-refractivity contribution in [1.82, 2.24) is 0 Å². The van der Waals surface area contributed by atoms with Crippen molar-refractivity contribution in [2.75, 3.05) is 5.73 Å². The average Bonchev–Trinajstić information content (AvgIpc) is 2.91. The monoisotopic (exact) mass is 368 g/mol. The van der Waals surface area contributed by atoms with Gasteiger partial charge in [-0.15, -0.1) is 0 Å². The van der Waals surface area contributed by atoms with Gasteiger partial charge in [-0.1, -0.05) is 0 Å². The maximum atomic E-state index is 6.23. The predicted octanol–water partition coefficient (Wildman–Crippen LogP) is 4.04. The zero-order valence-corrected chi connectivity index (χ0v) is 16.5. The number of allylic oxidation sites excluding steroid dienone is 6. The van der Waals surface area contributed by atoms with E-state index in [9.17, 15) is 0 Å². The minimum absolute atomic E-state index is 0.384. The molecule has 0 bridgehead atoms. The van der Waals surface area contributed by atoms with Crippen LogP contribution < -0.4 is 5.73 Å². The first-order valence-electron chi connectivity index (χ1n) is 7.35. The Hall–Kier alpha value is -0.790. The van der Waals surface area contributed by atoms with E-state index in [0.29, 0.717) is 5.92 Å². The molecule has 1 aromatic rings. The molecule has 0 radical (unpaired) electrons. The Morgan fingerprint density at radius 3 is 2.48 bits per heavy atom. The van der Waals surface area contributed by atoms with E-state index in [2.05, 4.69) is 51.2 Å². The van der Waals surface area contributed by atoms with Crippen molar-refractivity contribution in [3.8, 4) is 0 Å². The van der Waals surface area contributed by atoms with E-state index >= 15 is 0 Å². The van der Waals surface area contributed by atoms with Crippen LogP contribution in [0.5, 0.6) is 0 Å². The van der Waals surface area contributed by atoms with Crippen LogP contribution in [-0.2, 0) is 24.7 Å². The zero-order valence-electron chi connectivity index (χ0n) is 13.0. The Bertz CT molecular complexity index is 761. The van der Waals surface area contributed by atoms with Gasteiger partial charge in [0.25, 0.3) is 0 Å². The van der Waals surface area contributed by atoms with Crippen molar-refractivity contribution < 1.29 is 24.7 Å². The number of rotatable bonds is 1. The van der Waals surface area contributed by atoms with Crippen molar-refractivity contribution >= 4 is 24.8 Å². The van der Waals surface area contributed by atoms with Crippen LogP contribution in [0.2, 0.25) is 13.1 Å². The molecule has 2 N–H and O–H groups in total. The molecule has 2 aliphatic rings. The SMILES string of the molecule is CC1=C(C2=[C]([Zr])C(=[Si](C)C)C=C2)C(C)c2cccc(N)c21. The van der Waals surface area contributed by atoms with Gasteiger partial charge in [0.1, 0.15) is 0 Å². The second-order valence-corrected chi connectivity index (χ2v) is 9.88. The van der Waals surface area contributed by atoms with Gasteiger partial charge in [-0.3, -0.25) is 0 Å². The third-order valence-corrected chi connectivity index (χ3v) is 8.02. The van der Waals surface area contributed by atoms with Crippen LogP contribution in [0.3, 0.4) is 0 Å². The topological polar surface area (TPSA) is 26.0 Å². The first-order valence-corrected chi connectivity index (χ1v) is 11.1. The average molecular weight is 370 g/mol. The summed E-state index contributed by atoms with van der Waals surface area (Å²) in [5.74, 6) is 0.447. The standard InChI is InChI=1S/C18H20NSi.Zr/c1-11-15-6-5-7-16(19)18(15)12(2)17(11)13-8-9-14(10-13)20(3)4;/h5-9,11H,19H2,1-4H3;. The molecule has 3 heteroatoms. The van der Waals surface area contributed by atoms with E-state index in [1.54, 1.807) is 8.45 Å². The summed E-state index contributed by atoms with van der Waals surface area (Å²) in [6, 6.07) is 6.33. The minimum atomic E-state index is -0.384. The molecule has 1 atom stereocenters. The molecule has 3 rings (SSSR count). The Morgan fingerprint density at radius 1 is 1.19 bits per heavy atom. The summed E-state index contributed by atoms with van der Waals surface area (Å²) < 4.78 is 1.56. The van der Waals surface area contributed by atoms with E-state index in [4.69, 9.17) is 5.73 Å². The van der Waals surface area contributed by atoms with E-state index < -0.39 is 0 Å². The molecular formula is C18H20NSiZr. The van der Waals surface area contributed by atoms with Crippen LogP contribution in [0.25, 0.3) is 5.57 Å². The van der Waals surface area contributed by atoms with Gasteiger partial charge in [-0.05, 0) is 0 Å². The summed E-state index contributed by atoms with van der Waals surface area (Å²) in [4.78, 5) is 0. The van der Waals surface area contributed by atoms with Crippen LogP contribution in [0.4, 0.5) is 5.69 Å². The van der Waals surface area contributed by atoms with Gasteiger partial charge in [-0.25, -0.2) is 0 Å². The quantitative estimate of drug-likeness (QED) is 0.587. The third-order valence-electron chi connectivity index (χ3n) is 4.59. The van der Waals surface area contributed by atoms with Crippen LogP contribution in [0.1, 0.15) is 30.9 Å². The Balaban J connectivity index is 2.21. The van der Waals surface area contributed by atoms with Gasteiger partial charge >= 0.3 is 144 Å². The fourth-order valence-corrected chi connectivity index (χ4v) is 7.19. The summed E-state index contributed by atoms with van der Waals surface area (Å²) in [7, 11) is -0.384. The fraction of sp³-hybridized carbons (Fsp3) is 0.278. The third kappa shape index (κ3) is 2.26. The van der Waals surface area contributed by atoms with Crippen LogP contribution in [0, 0.1) is 0 Å². The summed E-state index contributed by atoms with van der Waals surface area (Å²) in [5, 5.41) is 1.60. The first kappa shape index (κ1) is 15.1. The van der Waals surface area contributed by atoms with E-state index in [0.717, 1.165) is 5.69 Å². The normalized spacial score (nSPS) is 20.5. The van der Waals surface area contributed by atoms with Gasteiger partial charge < -0.3 is 0 Å². The van der Waals surface area contributed by atoms with Gasteiger partial charge in [0.2, 0.25) is 0 Å². The van der Waals surface area contributed by atoms with E-state index in [-0.39, 0.29) is 8.41 Å². The number of nitrogens with two attached hydrogens (primary N) is 1. The van der Waals surface area contributed by atoms with E-state index in [1.165, 1.54) is 52.6 Å². The number of hydrogen-bond acceptors (Lipinski definition) is 1. The van der Waals surface area contributed by atoms with Crippen molar-refractivity contribution in [3.63, 3.8) is 0 Å². The summed E-state index contributed by atoms with van der Waals surface area (Å²) >= 11 is 1.53. The molecule has 0 heterocycles. The molecule has 0 aliphatic heterocycles. The maximum absolute atomic E-state index is 6.23. The second-order valence-electron chi connectivity index (χ2n) is 6.11. The number of hydrogen-bond donors (Lipinski definition) is 1. The van der Waals surface area contributed by atoms with Gasteiger partial charge in [0.15, 0.2) is 0 Å². The molecule has 105 valence electrons. The molecule has 1 aromatic carbocycles.